The standard InChI is InChI=1S/C6H6F7NO2/c7-3(8)5(9,10)4(16)14-1-2(15)6(11,12)13/h2-3,15H,1H2,(H,14,16). The second kappa shape index (κ2) is 4.85. The molecule has 0 rings (SSSR count). The topological polar surface area (TPSA) is 49.3 Å². The molecule has 16 heavy (non-hydrogen) atoms. The SMILES string of the molecule is O=C(NCC(O)C(F)(F)F)C(F)(F)C(F)F. The number of halogens is 7. The molecule has 0 aliphatic carbocycles. The summed E-state index contributed by atoms with van der Waals surface area (Å²) in [7, 11) is 0. The van der Waals surface area contributed by atoms with Gasteiger partial charge in [-0.25, -0.2) is 8.78 Å². The van der Waals surface area contributed by atoms with Gasteiger partial charge in [-0.2, -0.15) is 22.0 Å². The quantitative estimate of drug-likeness (QED) is 0.736. The van der Waals surface area contributed by atoms with Crippen molar-refractivity contribution >= 4 is 5.91 Å². The number of hydrogen-bond acceptors (Lipinski definition) is 2. The van der Waals surface area contributed by atoms with E-state index in [1.54, 1.807) is 0 Å². The molecule has 3 nitrogen and oxygen atoms in total. The molecule has 0 aliphatic rings. The zero-order chi connectivity index (χ0) is 13.1. The van der Waals surface area contributed by atoms with E-state index < -0.39 is 37.1 Å². The average Bonchev–Trinajstić information content (AvgIpc) is 2.11. The molecule has 0 saturated heterocycles. The first-order valence-electron chi connectivity index (χ1n) is 3.68. The summed E-state index contributed by atoms with van der Waals surface area (Å²) in [5, 5.41) is 9.14. The highest BCUT2D eigenvalue weighted by Gasteiger charge is 2.49. The van der Waals surface area contributed by atoms with E-state index in [-0.39, 0.29) is 0 Å². The van der Waals surface area contributed by atoms with Crippen LogP contribution in [0.25, 0.3) is 0 Å². The molecule has 0 spiro atoms. The lowest BCUT2D eigenvalue weighted by Crippen LogP contribution is -2.49. The summed E-state index contributed by atoms with van der Waals surface area (Å²) in [5.41, 5.74) is 0. The van der Waals surface area contributed by atoms with Crippen LogP contribution in [0.15, 0.2) is 0 Å². The molecule has 0 fully saturated rings. The molecule has 2 N–H and O–H groups in total. The van der Waals surface area contributed by atoms with Crippen LogP contribution in [0.1, 0.15) is 0 Å². The molecular weight excluding hydrogens is 251 g/mol. The molecule has 0 saturated carbocycles. The van der Waals surface area contributed by atoms with E-state index in [9.17, 15) is 35.5 Å². The third-order valence-electron chi connectivity index (χ3n) is 1.41. The minimum atomic E-state index is -5.13. The second-order valence-electron chi connectivity index (χ2n) is 2.69. The van der Waals surface area contributed by atoms with Gasteiger partial charge in [0.2, 0.25) is 0 Å². The highest BCUT2D eigenvalue weighted by molar-refractivity contribution is 5.83. The van der Waals surface area contributed by atoms with Crippen molar-refractivity contribution in [2.75, 3.05) is 6.54 Å². The Morgan fingerprint density at radius 2 is 1.62 bits per heavy atom. The summed E-state index contributed by atoms with van der Waals surface area (Å²) < 4.78 is 82.2. The number of hydrogen-bond donors (Lipinski definition) is 2. The summed E-state index contributed by atoms with van der Waals surface area (Å²) in [6.07, 6.45) is -12.6. The molecule has 96 valence electrons. The molecular formula is C6H6F7NO2. The summed E-state index contributed by atoms with van der Waals surface area (Å²) in [4.78, 5) is 10.3. The lowest BCUT2D eigenvalue weighted by Gasteiger charge is -2.18. The van der Waals surface area contributed by atoms with Gasteiger partial charge < -0.3 is 10.4 Å². The summed E-state index contributed by atoms with van der Waals surface area (Å²) >= 11 is 0. The predicted octanol–water partition coefficient (Wildman–Crippen LogP) is 0.926. The van der Waals surface area contributed by atoms with Gasteiger partial charge >= 0.3 is 18.5 Å². The monoisotopic (exact) mass is 257 g/mol. The van der Waals surface area contributed by atoms with Gasteiger partial charge in [0.15, 0.2) is 6.10 Å². The molecule has 0 aromatic heterocycles. The van der Waals surface area contributed by atoms with Gasteiger partial charge in [-0.05, 0) is 0 Å². The van der Waals surface area contributed by atoms with Crippen molar-refractivity contribution in [3.63, 3.8) is 0 Å². The highest BCUT2D eigenvalue weighted by atomic mass is 19.4. The van der Waals surface area contributed by atoms with Gasteiger partial charge in [-0.3, -0.25) is 4.79 Å². The van der Waals surface area contributed by atoms with Crippen molar-refractivity contribution < 1.29 is 40.6 Å². The van der Waals surface area contributed by atoms with Gasteiger partial charge in [0.25, 0.3) is 5.91 Å². The fourth-order valence-electron chi connectivity index (χ4n) is 0.522. The molecule has 0 heterocycles. The number of aliphatic hydroxyl groups excluding tert-OH is 1. The van der Waals surface area contributed by atoms with Gasteiger partial charge in [0.1, 0.15) is 0 Å². The lowest BCUT2D eigenvalue weighted by molar-refractivity contribution is -0.203. The number of nitrogens with one attached hydrogen (secondary N) is 1. The van der Waals surface area contributed by atoms with E-state index in [0.717, 1.165) is 5.32 Å². The van der Waals surface area contributed by atoms with Crippen LogP contribution in [-0.4, -0.2) is 42.2 Å². The van der Waals surface area contributed by atoms with E-state index in [1.165, 1.54) is 0 Å². The number of alkyl halides is 7. The second-order valence-corrected chi connectivity index (χ2v) is 2.69. The number of carbonyl (C=O) groups is 1. The fourth-order valence-corrected chi connectivity index (χ4v) is 0.522. The van der Waals surface area contributed by atoms with Crippen LogP contribution in [0.5, 0.6) is 0 Å². The molecule has 0 aromatic carbocycles. The fraction of sp³-hybridized carbons (Fsp3) is 0.833. The highest BCUT2D eigenvalue weighted by Crippen LogP contribution is 2.23. The molecule has 1 unspecified atom stereocenters. The normalized spacial score (nSPS) is 15.1. The van der Waals surface area contributed by atoms with Gasteiger partial charge in [-0.1, -0.05) is 0 Å². The Kier molecular flexibility index (Phi) is 4.53. The largest absolute Gasteiger partial charge is 0.416 e. The molecule has 1 atom stereocenters. The Morgan fingerprint density at radius 1 is 1.19 bits per heavy atom. The molecule has 0 aliphatic heterocycles. The van der Waals surface area contributed by atoms with Gasteiger partial charge in [0, 0.05) is 0 Å². The summed E-state index contributed by atoms with van der Waals surface area (Å²) in [6.45, 7) is -1.62. The van der Waals surface area contributed by atoms with Gasteiger partial charge in [-0.15, -0.1) is 0 Å². The van der Waals surface area contributed by atoms with Crippen molar-refractivity contribution in [2.24, 2.45) is 0 Å². The zero-order valence-corrected chi connectivity index (χ0v) is 7.36. The van der Waals surface area contributed by atoms with Crippen LogP contribution in [0.3, 0.4) is 0 Å². The van der Waals surface area contributed by atoms with E-state index in [1.807, 2.05) is 0 Å². The number of carbonyl (C=O) groups excluding carboxylic acids is 1. The molecule has 0 bridgehead atoms. The summed E-state index contributed by atoms with van der Waals surface area (Å²) in [6, 6.07) is 0. The third-order valence-corrected chi connectivity index (χ3v) is 1.41. The Bertz CT molecular complexity index is 252. The molecule has 0 radical (unpaired) electrons. The molecule has 10 heteroatoms. The first-order chi connectivity index (χ1) is 6.99. The van der Waals surface area contributed by atoms with Gasteiger partial charge in [0.05, 0.1) is 6.54 Å². The van der Waals surface area contributed by atoms with Crippen molar-refractivity contribution in [3.8, 4) is 0 Å². The average molecular weight is 257 g/mol. The van der Waals surface area contributed by atoms with Crippen LogP contribution in [0.4, 0.5) is 30.7 Å². The Balaban J connectivity index is 4.29. The van der Waals surface area contributed by atoms with Crippen molar-refractivity contribution in [1.29, 1.82) is 0 Å². The maximum atomic E-state index is 12.2. The maximum absolute atomic E-state index is 12.2. The number of amides is 1. The Labute approximate surface area is 84.2 Å². The minimum Gasteiger partial charge on any atom is -0.382 e. The van der Waals surface area contributed by atoms with E-state index >= 15 is 0 Å². The van der Waals surface area contributed by atoms with Crippen LogP contribution >= 0.6 is 0 Å². The van der Waals surface area contributed by atoms with Crippen molar-refractivity contribution in [2.45, 2.75) is 24.6 Å². The zero-order valence-electron chi connectivity index (χ0n) is 7.36. The van der Waals surface area contributed by atoms with Crippen molar-refractivity contribution in [3.05, 3.63) is 0 Å². The summed E-state index contributed by atoms with van der Waals surface area (Å²) in [5.74, 6) is -7.67. The Hall–Kier alpha value is -1.06. The van der Waals surface area contributed by atoms with Crippen LogP contribution < -0.4 is 5.32 Å². The number of aliphatic hydroxyl groups is 1. The Morgan fingerprint density at radius 3 is 1.94 bits per heavy atom. The van der Waals surface area contributed by atoms with E-state index in [2.05, 4.69) is 0 Å². The molecule has 1 amide bonds. The maximum Gasteiger partial charge on any atom is 0.416 e. The first-order valence-corrected chi connectivity index (χ1v) is 3.68. The van der Waals surface area contributed by atoms with Crippen LogP contribution in [-0.2, 0) is 4.79 Å². The smallest absolute Gasteiger partial charge is 0.382 e. The van der Waals surface area contributed by atoms with E-state index in [4.69, 9.17) is 5.11 Å². The van der Waals surface area contributed by atoms with Crippen LogP contribution in [0, 0.1) is 0 Å². The predicted molar refractivity (Wildman–Crippen MR) is 36.0 cm³/mol. The third kappa shape index (κ3) is 3.83. The number of rotatable bonds is 4. The first kappa shape index (κ1) is 14.9. The van der Waals surface area contributed by atoms with E-state index in [0.29, 0.717) is 0 Å². The minimum absolute atomic E-state index is 0.872. The van der Waals surface area contributed by atoms with Crippen molar-refractivity contribution in [1.82, 2.24) is 5.32 Å². The lowest BCUT2D eigenvalue weighted by atomic mass is 10.3. The van der Waals surface area contributed by atoms with Crippen LogP contribution in [0.2, 0.25) is 0 Å². The molecule has 0 aromatic rings.